The predicted octanol–water partition coefficient (Wildman–Crippen LogP) is 2.35. The molecule has 0 aliphatic rings. The molecule has 0 aliphatic heterocycles. The molecule has 0 aliphatic carbocycles. The molecule has 0 heterocycles. The van der Waals surface area contributed by atoms with Crippen molar-refractivity contribution in [2.75, 3.05) is 19.6 Å². The van der Waals surface area contributed by atoms with Crippen molar-refractivity contribution < 1.29 is 4.79 Å². The Kier molecular flexibility index (Phi) is 14.5. The van der Waals surface area contributed by atoms with Crippen LogP contribution in [0.3, 0.4) is 0 Å². The van der Waals surface area contributed by atoms with Crippen LogP contribution < -0.4 is 10.6 Å². The van der Waals surface area contributed by atoms with Crippen molar-refractivity contribution >= 4 is 18.3 Å². The van der Waals surface area contributed by atoms with E-state index < -0.39 is 0 Å². The molecule has 0 unspecified atom stereocenters. The van der Waals surface area contributed by atoms with Gasteiger partial charge in [0.2, 0.25) is 5.91 Å². The number of carbonyl (C=O) groups is 1. The van der Waals surface area contributed by atoms with Gasteiger partial charge in [-0.25, -0.2) is 0 Å². The van der Waals surface area contributed by atoms with Crippen molar-refractivity contribution in [3.63, 3.8) is 0 Å². The molecule has 0 atom stereocenters. The fraction of sp³-hybridized carbons (Fsp3) is 0.917. The quantitative estimate of drug-likeness (QED) is 0.617. The van der Waals surface area contributed by atoms with Gasteiger partial charge in [0.25, 0.3) is 0 Å². The summed E-state index contributed by atoms with van der Waals surface area (Å²) in [6.45, 7) is 9.08. The standard InChI is InChI=1S/C12H26N2O.ClH/c1-4-7-13-8-9-14-12(15)10-11(5-2)6-3;/h11,13H,4-10H2,1-3H3,(H,14,15);1H. The van der Waals surface area contributed by atoms with Gasteiger partial charge in [0, 0.05) is 19.5 Å². The summed E-state index contributed by atoms with van der Waals surface area (Å²) in [5.41, 5.74) is 0. The lowest BCUT2D eigenvalue weighted by Crippen LogP contribution is -2.32. The van der Waals surface area contributed by atoms with Gasteiger partial charge in [-0.05, 0) is 18.9 Å². The van der Waals surface area contributed by atoms with E-state index in [2.05, 4.69) is 31.4 Å². The Labute approximate surface area is 106 Å². The molecule has 4 heteroatoms. The number of carbonyl (C=O) groups excluding carboxylic acids is 1. The number of hydrogen-bond donors (Lipinski definition) is 2. The Morgan fingerprint density at radius 2 is 1.69 bits per heavy atom. The first-order valence-electron chi connectivity index (χ1n) is 6.21. The highest BCUT2D eigenvalue weighted by Crippen LogP contribution is 2.11. The minimum absolute atomic E-state index is 0. The third-order valence-electron chi connectivity index (χ3n) is 2.68. The number of amides is 1. The molecule has 16 heavy (non-hydrogen) atoms. The first-order valence-corrected chi connectivity index (χ1v) is 6.21. The minimum Gasteiger partial charge on any atom is -0.355 e. The molecule has 0 rings (SSSR count). The van der Waals surface area contributed by atoms with E-state index in [1.54, 1.807) is 0 Å². The van der Waals surface area contributed by atoms with E-state index in [0.29, 0.717) is 12.3 Å². The van der Waals surface area contributed by atoms with Crippen LogP contribution in [0.15, 0.2) is 0 Å². The highest BCUT2D eigenvalue weighted by molar-refractivity contribution is 5.85. The topological polar surface area (TPSA) is 41.1 Å². The van der Waals surface area contributed by atoms with Crippen molar-refractivity contribution in [3.8, 4) is 0 Å². The van der Waals surface area contributed by atoms with Crippen LogP contribution in [-0.2, 0) is 4.79 Å². The minimum atomic E-state index is 0. The van der Waals surface area contributed by atoms with Gasteiger partial charge in [-0.15, -0.1) is 12.4 Å². The zero-order valence-electron chi connectivity index (χ0n) is 10.8. The van der Waals surface area contributed by atoms with E-state index in [0.717, 1.165) is 38.9 Å². The summed E-state index contributed by atoms with van der Waals surface area (Å²) in [5.74, 6) is 0.746. The van der Waals surface area contributed by atoms with Crippen LogP contribution in [0.25, 0.3) is 0 Å². The van der Waals surface area contributed by atoms with Crippen molar-refractivity contribution in [2.24, 2.45) is 5.92 Å². The lowest BCUT2D eigenvalue weighted by Gasteiger charge is -2.12. The zero-order valence-corrected chi connectivity index (χ0v) is 11.7. The molecule has 0 saturated heterocycles. The van der Waals surface area contributed by atoms with Crippen LogP contribution in [0.4, 0.5) is 0 Å². The second-order valence-electron chi connectivity index (χ2n) is 3.99. The Hall–Kier alpha value is -0.280. The van der Waals surface area contributed by atoms with E-state index in [1.165, 1.54) is 0 Å². The first kappa shape index (κ1) is 18.1. The third kappa shape index (κ3) is 10.2. The predicted molar refractivity (Wildman–Crippen MR) is 72.1 cm³/mol. The lowest BCUT2D eigenvalue weighted by molar-refractivity contribution is -0.122. The second-order valence-corrected chi connectivity index (χ2v) is 3.99. The maximum Gasteiger partial charge on any atom is 0.220 e. The summed E-state index contributed by atoms with van der Waals surface area (Å²) >= 11 is 0. The number of halogens is 1. The largest absolute Gasteiger partial charge is 0.355 e. The van der Waals surface area contributed by atoms with E-state index in [9.17, 15) is 4.79 Å². The van der Waals surface area contributed by atoms with Gasteiger partial charge in [-0.2, -0.15) is 0 Å². The first-order chi connectivity index (χ1) is 7.24. The smallest absolute Gasteiger partial charge is 0.220 e. The van der Waals surface area contributed by atoms with Crippen molar-refractivity contribution in [3.05, 3.63) is 0 Å². The fourth-order valence-electron chi connectivity index (χ4n) is 1.50. The molecule has 0 fully saturated rings. The lowest BCUT2D eigenvalue weighted by atomic mass is 9.99. The second kappa shape index (κ2) is 12.8. The fourth-order valence-corrected chi connectivity index (χ4v) is 1.50. The Morgan fingerprint density at radius 1 is 1.06 bits per heavy atom. The molecule has 2 N–H and O–H groups in total. The molecular formula is C12H27ClN2O. The SMILES string of the molecule is CCCNCCNC(=O)CC(CC)CC.Cl. The van der Waals surface area contributed by atoms with Crippen LogP contribution in [-0.4, -0.2) is 25.5 Å². The molecule has 0 radical (unpaired) electrons. The van der Waals surface area contributed by atoms with Gasteiger partial charge in [-0.3, -0.25) is 4.79 Å². The van der Waals surface area contributed by atoms with Crippen LogP contribution in [0.2, 0.25) is 0 Å². The Morgan fingerprint density at radius 3 is 2.19 bits per heavy atom. The monoisotopic (exact) mass is 250 g/mol. The van der Waals surface area contributed by atoms with Crippen molar-refractivity contribution in [2.45, 2.75) is 46.5 Å². The molecule has 98 valence electrons. The number of rotatable bonds is 9. The molecule has 0 bridgehead atoms. The molecule has 1 amide bonds. The third-order valence-corrected chi connectivity index (χ3v) is 2.68. The van der Waals surface area contributed by atoms with Gasteiger partial charge in [-0.1, -0.05) is 33.6 Å². The maximum atomic E-state index is 11.5. The molecule has 0 spiro atoms. The Balaban J connectivity index is 0. The highest BCUT2D eigenvalue weighted by Gasteiger charge is 2.08. The molecular weight excluding hydrogens is 224 g/mol. The van der Waals surface area contributed by atoms with Crippen LogP contribution in [0.1, 0.15) is 46.5 Å². The zero-order chi connectivity index (χ0) is 11.5. The van der Waals surface area contributed by atoms with E-state index in [4.69, 9.17) is 0 Å². The van der Waals surface area contributed by atoms with Gasteiger partial charge in [0.15, 0.2) is 0 Å². The van der Waals surface area contributed by atoms with E-state index >= 15 is 0 Å². The molecule has 0 aromatic carbocycles. The van der Waals surface area contributed by atoms with Crippen molar-refractivity contribution in [1.29, 1.82) is 0 Å². The average molecular weight is 251 g/mol. The normalized spacial score (nSPS) is 10.0. The summed E-state index contributed by atoms with van der Waals surface area (Å²) in [6, 6.07) is 0. The maximum absolute atomic E-state index is 11.5. The van der Waals surface area contributed by atoms with Gasteiger partial charge in [0.05, 0.1) is 0 Å². The van der Waals surface area contributed by atoms with Crippen LogP contribution >= 0.6 is 12.4 Å². The van der Waals surface area contributed by atoms with E-state index in [-0.39, 0.29) is 18.3 Å². The Bertz CT molecular complexity index is 161. The van der Waals surface area contributed by atoms with Gasteiger partial charge in [0.1, 0.15) is 0 Å². The van der Waals surface area contributed by atoms with Gasteiger partial charge < -0.3 is 10.6 Å². The average Bonchev–Trinajstić information content (AvgIpc) is 2.25. The summed E-state index contributed by atoms with van der Waals surface area (Å²) in [7, 11) is 0. The summed E-state index contributed by atoms with van der Waals surface area (Å²) in [5, 5.41) is 6.20. The molecule has 0 saturated carbocycles. The highest BCUT2D eigenvalue weighted by atomic mass is 35.5. The summed E-state index contributed by atoms with van der Waals surface area (Å²) in [6.07, 6.45) is 4.01. The number of hydrogen-bond acceptors (Lipinski definition) is 2. The number of nitrogens with one attached hydrogen (secondary N) is 2. The molecule has 3 nitrogen and oxygen atoms in total. The summed E-state index contributed by atoms with van der Waals surface area (Å²) < 4.78 is 0. The van der Waals surface area contributed by atoms with Crippen LogP contribution in [0.5, 0.6) is 0 Å². The van der Waals surface area contributed by atoms with E-state index in [1.807, 2.05) is 0 Å². The summed E-state index contributed by atoms with van der Waals surface area (Å²) in [4.78, 5) is 11.5. The molecule has 0 aromatic rings. The van der Waals surface area contributed by atoms with Crippen molar-refractivity contribution in [1.82, 2.24) is 10.6 Å². The van der Waals surface area contributed by atoms with Gasteiger partial charge >= 0.3 is 0 Å². The van der Waals surface area contributed by atoms with Crippen LogP contribution in [0, 0.1) is 5.92 Å². The molecule has 0 aromatic heterocycles.